The lowest BCUT2D eigenvalue weighted by Gasteiger charge is -2.22. The fourth-order valence-electron chi connectivity index (χ4n) is 2.94. The van der Waals surface area contributed by atoms with E-state index in [1.54, 1.807) is 0 Å². The quantitative estimate of drug-likeness (QED) is 0.451. The molecule has 1 atom stereocenters. The zero-order chi connectivity index (χ0) is 18.9. The number of carbonyl (C=O) groups is 1. The molecule has 8 nitrogen and oxygen atoms in total. The monoisotopic (exact) mass is 384 g/mol. The smallest absolute Gasteiger partial charge is 0.410 e. The molecule has 2 aliphatic rings. The largest absolute Gasteiger partial charge is 0.448 e. The van der Waals surface area contributed by atoms with Crippen molar-refractivity contribution in [3.8, 4) is 0 Å². The molecule has 26 heavy (non-hydrogen) atoms. The third-order valence-corrected chi connectivity index (χ3v) is 5.70. The summed E-state index contributed by atoms with van der Waals surface area (Å²) in [6, 6.07) is 1.96. The summed E-state index contributed by atoms with van der Waals surface area (Å²) in [6.45, 7) is 0.206. The molecule has 0 N–H and O–H groups in total. The zero-order valence-electron chi connectivity index (χ0n) is 13.4. The number of azide groups is 1. The molecule has 138 valence electrons. The average Bonchev–Trinajstić information content (AvgIpc) is 2.99. The van der Waals surface area contributed by atoms with Crippen LogP contribution in [0.3, 0.4) is 0 Å². The topological polar surface area (TPSA) is 112 Å². The molecule has 2 heterocycles. The van der Waals surface area contributed by atoms with Crippen LogP contribution in [0.1, 0.15) is 23.7 Å². The Morgan fingerprint density at radius 2 is 2.00 bits per heavy atom. The number of cyclic esters (lactones) is 1. The van der Waals surface area contributed by atoms with Gasteiger partial charge in [-0.05, 0) is 35.2 Å². The maximum atomic E-state index is 14.6. The maximum absolute atomic E-state index is 14.6. The summed E-state index contributed by atoms with van der Waals surface area (Å²) in [7, 11) is -3.23. The van der Waals surface area contributed by atoms with Crippen LogP contribution in [-0.4, -0.2) is 44.1 Å². The maximum Gasteiger partial charge on any atom is 0.410 e. The number of hydrogen-bond donors (Lipinski definition) is 0. The van der Waals surface area contributed by atoms with Gasteiger partial charge in [0, 0.05) is 10.5 Å². The molecule has 1 fully saturated rings. The minimum atomic E-state index is -3.23. The first-order chi connectivity index (χ1) is 12.3. The van der Waals surface area contributed by atoms with Crippen LogP contribution in [0.4, 0.5) is 13.6 Å². The van der Waals surface area contributed by atoms with Gasteiger partial charge < -0.3 is 4.74 Å². The molecular formula is C15H14F2N4O4S. The van der Waals surface area contributed by atoms with E-state index in [0.717, 1.165) is 17.0 Å². The minimum absolute atomic E-state index is 0.00769. The van der Waals surface area contributed by atoms with Gasteiger partial charge in [-0.1, -0.05) is 11.2 Å². The average molecular weight is 384 g/mol. The number of halogens is 2. The van der Waals surface area contributed by atoms with Gasteiger partial charge >= 0.3 is 6.09 Å². The Morgan fingerprint density at radius 1 is 1.31 bits per heavy atom. The molecule has 0 saturated carbocycles. The lowest BCUT2D eigenvalue weighted by Crippen LogP contribution is -2.28. The Labute approximate surface area is 147 Å². The van der Waals surface area contributed by atoms with Crippen LogP contribution in [-0.2, 0) is 14.6 Å². The van der Waals surface area contributed by atoms with Gasteiger partial charge in [-0.25, -0.2) is 22.0 Å². The molecule has 0 spiro atoms. The fourth-order valence-corrected chi connectivity index (χ4v) is 4.09. The van der Waals surface area contributed by atoms with Crippen LogP contribution >= 0.6 is 0 Å². The van der Waals surface area contributed by atoms with Gasteiger partial charge in [-0.2, -0.15) is 0 Å². The van der Waals surface area contributed by atoms with Crippen LogP contribution in [0.2, 0.25) is 0 Å². The van der Waals surface area contributed by atoms with Gasteiger partial charge in [0.25, 0.3) is 0 Å². The van der Waals surface area contributed by atoms with Crippen LogP contribution in [0.15, 0.2) is 23.3 Å². The molecule has 0 radical (unpaired) electrons. The van der Waals surface area contributed by atoms with Gasteiger partial charge in [0.15, 0.2) is 9.84 Å². The summed E-state index contributed by atoms with van der Waals surface area (Å²) in [5.41, 5.74) is 8.63. The van der Waals surface area contributed by atoms with Crippen molar-refractivity contribution in [2.24, 2.45) is 5.11 Å². The summed E-state index contributed by atoms with van der Waals surface area (Å²) in [5, 5.41) is 3.45. The Bertz CT molecular complexity index is 918. The van der Waals surface area contributed by atoms with E-state index in [1.807, 2.05) is 0 Å². The van der Waals surface area contributed by atoms with E-state index in [4.69, 9.17) is 10.3 Å². The van der Waals surface area contributed by atoms with Crippen LogP contribution < -0.4 is 0 Å². The van der Waals surface area contributed by atoms with Crippen molar-refractivity contribution >= 4 is 21.5 Å². The summed E-state index contributed by atoms with van der Waals surface area (Å²) in [4.78, 5) is 15.4. The van der Waals surface area contributed by atoms with Gasteiger partial charge in [-0.15, -0.1) is 0 Å². The summed E-state index contributed by atoms with van der Waals surface area (Å²) in [5.74, 6) is -2.29. The molecule has 1 aromatic carbocycles. The second-order valence-corrected chi connectivity index (χ2v) is 8.07. The van der Waals surface area contributed by atoms with Crippen LogP contribution in [0.5, 0.6) is 0 Å². The molecule has 11 heteroatoms. The van der Waals surface area contributed by atoms with E-state index in [-0.39, 0.29) is 47.8 Å². The summed E-state index contributed by atoms with van der Waals surface area (Å²) < 4.78 is 56.8. The van der Waals surface area contributed by atoms with E-state index >= 15 is 0 Å². The van der Waals surface area contributed by atoms with Crippen molar-refractivity contribution in [2.75, 3.05) is 24.7 Å². The second-order valence-electron chi connectivity index (χ2n) is 5.84. The molecule has 1 saturated heterocycles. The molecule has 0 bridgehead atoms. The predicted octanol–water partition coefficient (Wildman–Crippen LogP) is 2.93. The number of benzene rings is 1. The van der Waals surface area contributed by atoms with Crippen LogP contribution in [0, 0.1) is 11.6 Å². The Hall–Kier alpha value is -2.65. The highest BCUT2D eigenvalue weighted by molar-refractivity contribution is 7.91. The first kappa shape index (κ1) is 18.2. The van der Waals surface area contributed by atoms with Gasteiger partial charge in [0.1, 0.15) is 24.4 Å². The zero-order valence-corrected chi connectivity index (χ0v) is 14.2. The molecule has 2 aliphatic heterocycles. The second kappa shape index (κ2) is 6.93. The number of allylic oxidation sites excluding steroid dienone is 1. The highest BCUT2D eigenvalue weighted by atomic mass is 32.2. The Balaban J connectivity index is 2.00. The van der Waals surface area contributed by atoms with Crippen molar-refractivity contribution in [3.63, 3.8) is 0 Å². The van der Waals surface area contributed by atoms with Crippen molar-refractivity contribution in [1.82, 2.24) is 4.90 Å². The number of rotatable bonds is 4. The molecule has 1 amide bonds. The molecule has 1 aromatic rings. The standard InChI is InChI=1S/C15H14F2N4O4S/c16-11-7-10(14(19-20-18)21-3-4-25-15(21)22)8-12(17)13(11)9-1-5-26(23,24)6-2-9/h1,7-8,14H,2-6H2. The number of hydrogen-bond acceptors (Lipinski definition) is 5. The van der Waals surface area contributed by atoms with E-state index in [1.165, 1.54) is 6.08 Å². The highest BCUT2D eigenvalue weighted by Gasteiger charge is 2.32. The number of amides is 1. The fraction of sp³-hybridized carbons (Fsp3) is 0.400. The number of sulfone groups is 1. The number of ether oxygens (including phenoxy) is 1. The number of nitrogens with zero attached hydrogens (tertiary/aromatic N) is 4. The van der Waals surface area contributed by atoms with Crippen molar-refractivity contribution in [3.05, 3.63) is 51.4 Å². The Morgan fingerprint density at radius 3 is 2.50 bits per heavy atom. The van der Waals surface area contributed by atoms with Gasteiger partial charge in [0.2, 0.25) is 0 Å². The van der Waals surface area contributed by atoms with E-state index in [2.05, 4.69) is 10.0 Å². The molecule has 0 aromatic heterocycles. The molecule has 1 unspecified atom stereocenters. The third kappa shape index (κ3) is 3.49. The normalized spacial score (nSPS) is 20.2. The van der Waals surface area contributed by atoms with Crippen LogP contribution in [0.25, 0.3) is 16.0 Å². The minimum Gasteiger partial charge on any atom is -0.448 e. The number of carbonyl (C=O) groups excluding carboxylic acids is 1. The van der Waals surface area contributed by atoms with E-state index < -0.39 is 33.7 Å². The van der Waals surface area contributed by atoms with Crippen molar-refractivity contribution in [2.45, 2.75) is 12.6 Å². The van der Waals surface area contributed by atoms with Crippen molar-refractivity contribution in [1.29, 1.82) is 0 Å². The summed E-state index contributed by atoms with van der Waals surface area (Å²) >= 11 is 0. The molecule has 0 aliphatic carbocycles. The van der Waals surface area contributed by atoms with E-state index in [9.17, 15) is 22.0 Å². The van der Waals surface area contributed by atoms with Crippen molar-refractivity contribution < 1.29 is 26.7 Å². The molecular weight excluding hydrogens is 370 g/mol. The lowest BCUT2D eigenvalue weighted by molar-refractivity contribution is 0.148. The first-order valence-electron chi connectivity index (χ1n) is 7.69. The predicted molar refractivity (Wildman–Crippen MR) is 87.5 cm³/mol. The third-order valence-electron chi connectivity index (χ3n) is 4.20. The molecule has 3 rings (SSSR count). The first-order valence-corrected chi connectivity index (χ1v) is 9.51. The van der Waals surface area contributed by atoms with Gasteiger partial charge in [-0.3, -0.25) is 4.90 Å². The van der Waals surface area contributed by atoms with E-state index in [0.29, 0.717) is 0 Å². The lowest BCUT2D eigenvalue weighted by atomic mass is 9.99. The van der Waals surface area contributed by atoms with Gasteiger partial charge in [0.05, 0.1) is 18.1 Å². The summed E-state index contributed by atoms with van der Waals surface area (Å²) in [6.07, 6.45) is -0.683. The SMILES string of the molecule is [N-]=[N+]=NC(c1cc(F)c(C2=CCS(=O)(=O)CC2)c(F)c1)N1CCOC1=O. The highest BCUT2D eigenvalue weighted by Crippen LogP contribution is 2.33. The Kier molecular flexibility index (Phi) is 4.84.